The number of hydrogen-bond acceptors (Lipinski definition) is 1. The van der Waals surface area contributed by atoms with E-state index in [0.29, 0.717) is 0 Å². The van der Waals surface area contributed by atoms with E-state index in [1.165, 1.54) is 71.3 Å². The zero-order chi connectivity index (χ0) is 37.6. The Morgan fingerprint density at radius 1 is 0.625 bits per heavy atom. The molecule has 0 bridgehead atoms. The number of imidazole rings is 1. The van der Waals surface area contributed by atoms with Crippen molar-refractivity contribution in [3.05, 3.63) is 211 Å². The van der Waals surface area contributed by atoms with E-state index in [-0.39, 0.29) is 5.92 Å². The number of para-hydroxylation sites is 2. The largest absolute Gasteiger partial charge is 0.293 e. The fourth-order valence-corrected chi connectivity index (χ4v) is 8.71. The predicted octanol–water partition coefficient (Wildman–Crippen LogP) is 14.5. The second-order valence-electron chi connectivity index (χ2n) is 14.7. The van der Waals surface area contributed by atoms with E-state index in [9.17, 15) is 0 Å². The molecule has 1 aromatic heterocycles. The molecule has 1 aliphatic rings. The lowest BCUT2D eigenvalue weighted by molar-refractivity contribution is 0.830. The highest BCUT2D eigenvalue weighted by molar-refractivity contribution is 6.11. The molecule has 0 saturated heterocycles. The summed E-state index contributed by atoms with van der Waals surface area (Å²) < 4.78 is 2.16. The summed E-state index contributed by atoms with van der Waals surface area (Å²) in [6.07, 6.45) is 13.8. The first kappa shape index (κ1) is 33.5. The molecule has 10 rings (SSSR count). The van der Waals surface area contributed by atoms with Crippen LogP contribution in [0.5, 0.6) is 0 Å². The van der Waals surface area contributed by atoms with Gasteiger partial charge < -0.3 is 0 Å². The molecule has 1 heterocycles. The third kappa shape index (κ3) is 5.79. The van der Waals surface area contributed by atoms with E-state index in [0.717, 1.165) is 34.5 Å². The molecule has 0 N–H and O–H groups in total. The van der Waals surface area contributed by atoms with Gasteiger partial charge in [0.05, 0.1) is 11.0 Å². The molecule has 56 heavy (non-hydrogen) atoms. The summed E-state index contributed by atoms with van der Waals surface area (Å²) in [5.41, 5.74) is 13.1. The molecule has 0 aliphatic heterocycles. The Morgan fingerprint density at radius 3 is 1.91 bits per heavy atom. The number of nitrogens with zero attached hydrogens (tertiary/aromatic N) is 2. The monoisotopic (exact) mass is 716 g/mol. The zero-order valence-corrected chi connectivity index (χ0v) is 31.4. The fourth-order valence-electron chi connectivity index (χ4n) is 8.71. The Labute approximate surface area is 327 Å². The summed E-state index contributed by atoms with van der Waals surface area (Å²) in [6.45, 7) is 6.44. The molecule has 2 nitrogen and oxygen atoms in total. The molecule has 2 heteroatoms. The normalized spacial score (nSPS) is 14.1. The highest BCUT2D eigenvalue weighted by Gasteiger charge is 2.26. The van der Waals surface area contributed by atoms with Crippen molar-refractivity contribution >= 4 is 55.1 Å². The average molecular weight is 717 g/mol. The number of rotatable bonds is 7. The van der Waals surface area contributed by atoms with Gasteiger partial charge in [-0.25, -0.2) is 4.98 Å². The van der Waals surface area contributed by atoms with Crippen LogP contribution in [-0.4, -0.2) is 9.55 Å². The molecule has 1 atom stereocenters. The summed E-state index contributed by atoms with van der Waals surface area (Å²) >= 11 is 0. The van der Waals surface area contributed by atoms with Crippen LogP contribution in [-0.2, 0) is 6.42 Å². The summed E-state index contributed by atoms with van der Waals surface area (Å²) in [6, 6.07) is 57.6. The van der Waals surface area contributed by atoms with Crippen molar-refractivity contribution < 1.29 is 0 Å². The summed E-state index contributed by atoms with van der Waals surface area (Å²) in [4.78, 5) is 5.09. The molecule has 0 amide bonds. The van der Waals surface area contributed by atoms with Gasteiger partial charge in [-0.15, -0.1) is 0 Å². The highest BCUT2D eigenvalue weighted by atomic mass is 15.1. The number of benzene rings is 8. The molecule has 0 radical (unpaired) electrons. The Hall–Kier alpha value is -7.03. The van der Waals surface area contributed by atoms with Gasteiger partial charge in [0.15, 0.2) is 0 Å². The standard InChI is InChI=1S/C54H40N2/c1-3-4-5-14-36(2)56-51-22-13-12-21-50(51)55-54(56)40-27-23-39(24-28-40)43-31-32-48-49(35-43)53(45-30-26-38-16-7-9-18-42(38)34-45)47-20-11-10-19-46(47)52(48)44-29-25-37-15-6-8-17-41(37)33-44/h3-34,43H,2,35H2,1H3/b4-3-,14-5-. The highest BCUT2D eigenvalue weighted by Crippen LogP contribution is 2.47. The minimum absolute atomic E-state index is 0.207. The zero-order valence-electron chi connectivity index (χ0n) is 31.4. The van der Waals surface area contributed by atoms with Gasteiger partial charge in [-0.2, -0.15) is 0 Å². The quantitative estimate of drug-likeness (QED) is 0.150. The van der Waals surface area contributed by atoms with E-state index >= 15 is 0 Å². The second-order valence-corrected chi connectivity index (χ2v) is 14.7. The maximum absolute atomic E-state index is 5.09. The van der Waals surface area contributed by atoms with E-state index in [1.807, 2.05) is 37.3 Å². The van der Waals surface area contributed by atoms with Crippen molar-refractivity contribution in [2.24, 2.45) is 0 Å². The third-order valence-electron chi connectivity index (χ3n) is 11.4. The molecule has 1 unspecified atom stereocenters. The molecular weight excluding hydrogens is 677 g/mol. The van der Waals surface area contributed by atoms with Crippen LogP contribution < -0.4 is 0 Å². The van der Waals surface area contributed by atoms with Gasteiger partial charge >= 0.3 is 0 Å². The SMILES string of the molecule is C=C(/C=C\C=C/C)n1c(-c2ccc(C3C=Cc4c(c(-c5ccc6ccccc6c5)c5ccccc5c4-c4ccc5ccccc5c4)C3)cc2)nc2ccccc21. The molecule has 8 aromatic carbocycles. The van der Waals surface area contributed by atoms with E-state index < -0.39 is 0 Å². The Kier molecular flexibility index (Phi) is 8.38. The van der Waals surface area contributed by atoms with E-state index in [2.05, 4.69) is 175 Å². The molecule has 0 saturated carbocycles. The van der Waals surface area contributed by atoms with E-state index in [1.54, 1.807) is 0 Å². The maximum atomic E-state index is 5.09. The van der Waals surface area contributed by atoms with Crippen LogP contribution >= 0.6 is 0 Å². The summed E-state index contributed by atoms with van der Waals surface area (Å²) in [7, 11) is 0. The van der Waals surface area contributed by atoms with Crippen molar-refractivity contribution in [1.29, 1.82) is 0 Å². The van der Waals surface area contributed by atoms with Gasteiger partial charge in [0.25, 0.3) is 0 Å². The average Bonchev–Trinajstić information content (AvgIpc) is 3.65. The molecule has 1 aliphatic carbocycles. The Bertz CT molecular complexity index is 3080. The minimum Gasteiger partial charge on any atom is -0.293 e. The van der Waals surface area contributed by atoms with Crippen LogP contribution in [0.25, 0.3) is 88.8 Å². The van der Waals surface area contributed by atoms with Crippen molar-refractivity contribution in [1.82, 2.24) is 9.55 Å². The first-order valence-electron chi connectivity index (χ1n) is 19.5. The van der Waals surface area contributed by atoms with Gasteiger partial charge in [0.2, 0.25) is 0 Å². The lowest BCUT2D eigenvalue weighted by Crippen LogP contribution is -2.09. The second kappa shape index (κ2) is 14.0. The number of allylic oxidation sites excluding steroid dienone is 6. The topological polar surface area (TPSA) is 17.8 Å². The Balaban J connectivity index is 1.11. The lowest BCUT2D eigenvalue weighted by Gasteiger charge is -2.28. The fraction of sp³-hybridized carbons (Fsp3) is 0.0556. The molecule has 0 fully saturated rings. The van der Waals surface area contributed by atoms with Gasteiger partial charge in [-0.3, -0.25) is 4.57 Å². The molecule has 0 spiro atoms. The van der Waals surface area contributed by atoms with Gasteiger partial charge in [-0.05, 0) is 115 Å². The van der Waals surface area contributed by atoms with Crippen LogP contribution in [0.2, 0.25) is 0 Å². The van der Waals surface area contributed by atoms with Crippen LogP contribution in [0.4, 0.5) is 0 Å². The van der Waals surface area contributed by atoms with Crippen molar-refractivity contribution in [3.63, 3.8) is 0 Å². The molecular formula is C54H40N2. The summed E-state index contributed by atoms with van der Waals surface area (Å²) in [5, 5.41) is 7.59. The van der Waals surface area contributed by atoms with Crippen LogP contribution in [0, 0.1) is 0 Å². The van der Waals surface area contributed by atoms with Crippen LogP contribution in [0.3, 0.4) is 0 Å². The number of hydrogen-bond donors (Lipinski definition) is 0. The predicted molar refractivity (Wildman–Crippen MR) is 240 cm³/mol. The van der Waals surface area contributed by atoms with Gasteiger partial charge in [0.1, 0.15) is 5.82 Å². The summed E-state index contributed by atoms with van der Waals surface area (Å²) in [5.74, 6) is 1.10. The third-order valence-corrected chi connectivity index (χ3v) is 11.4. The van der Waals surface area contributed by atoms with Crippen LogP contribution in [0.1, 0.15) is 29.5 Å². The smallest absolute Gasteiger partial charge is 0.145 e. The molecule has 9 aromatic rings. The van der Waals surface area contributed by atoms with Crippen molar-refractivity contribution in [2.45, 2.75) is 19.3 Å². The van der Waals surface area contributed by atoms with Crippen molar-refractivity contribution in [2.75, 3.05) is 0 Å². The van der Waals surface area contributed by atoms with Gasteiger partial charge in [-0.1, -0.05) is 170 Å². The lowest BCUT2D eigenvalue weighted by atomic mass is 9.76. The first-order chi connectivity index (χ1) is 27.6. The maximum Gasteiger partial charge on any atom is 0.145 e. The number of fused-ring (bicyclic) bond motifs is 5. The minimum atomic E-state index is 0.207. The van der Waals surface area contributed by atoms with Crippen LogP contribution in [0.15, 0.2) is 195 Å². The molecule has 266 valence electrons. The van der Waals surface area contributed by atoms with Gasteiger partial charge in [0, 0.05) is 17.2 Å². The van der Waals surface area contributed by atoms with E-state index in [4.69, 9.17) is 4.98 Å². The Morgan fingerprint density at radius 2 is 1.21 bits per heavy atom. The number of aromatic nitrogens is 2. The first-order valence-corrected chi connectivity index (χ1v) is 19.5. The van der Waals surface area contributed by atoms with Crippen molar-refractivity contribution in [3.8, 4) is 33.6 Å².